The number of carbonyl (C=O) groups is 1. The Morgan fingerprint density at radius 1 is 1.23 bits per heavy atom. The van der Waals surface area contributed by atoms with Gasteiger partial charge in [-0.05, 0) is 24.3 Å². The molecule has 1 aromatic rings. The topological polar surface area (TPSA) is 69.8 Å². The third-order valence-corrected chi connectivity index (χ3v) is 3.25. The van der Waals surface area contributed by atoms with Gasteiger partial charge in [-0.2, -0.15) is 0 Å². The molecule has 0 aromatic heterocycles. The van der Waals surface area contributed by atoms with Gasteiger partial charge in [0.1, 0.15) is 36.9 Å². The summed E-state index contributed by atoms with van der Waals surface area (Å²) in [5, 5.41) is 0. The average Bonchev–Trinajstić information content (AvgIpc) is 3.51. The average molecular weight is 627 g/mol. The van der Waals surface area contributed by atoms with E-state index >= 15 is 0 Å². The molecular weight excluding hydrogens is 605 g/mol. The monoisotopic (exact) mass is 627 g/mol. The van der Waals surface area contributed by atoms with Crippen LogP contribution in [0.4, 0.5) is 0 Å². The Labute approximate surface area is 183 Å². The van der Waals surface area contributed by atoms with Crippen LogP contribution in [0.3, 0.4) is 0 Å². The van der Waals surface area contributed by atoms with Crippen molar-refractivity contribution in [1.29, 1.82) is 0 Å². The summed E-state index contributed by atoms with van der Waals surface area (Å²) in [4.78, 5) is 11.3. The maximum atomic E-state index is 11.3. The van der Waals surface area contributed by atoms with E-state index in [2.05, 4.69) is 44.7 Å². The van der Waals surface area contributed by atoms with Crippen LogP contribution in [-0.4, -0.2) is 51.7 Å². The third kappa shape index (κ3) is 9.79. The molecule has 2 heterocycles. The quantitative estimate of drug-likeness (QED) is 0.189. The van der Waals surface area contributed by atoms with E-state index in [-0.39, 0.29) is 19.6 Å². The van der Waals surface area contributed by atoms with Crippen LogP contribution in [0.25, 0.3) is 6.08 Å². The standard InChI is InChI=1S/C16H18O6.CH4.2HI.V/c1-18-16(17)5-2-11-6-12(19-7-13-8-20-13)3-4-15(11)22-10-14-9-21-14;;;;/h2-6,13-14H,7-10H2,1H3;1H4;2*1H;/q;;;;+2/p-2/b5-2+;;;;. The second-order valence-electron chi connectivity index (χ2n) is 5.15. The molecule has 3 rings (SSSR count). The van der Waals surface area contributed by atoms with E-state index in [0.717, 1.165) is 18.8 Å². The van der Waals surface area contributed by atoms with E-state index in [9.17, 15) is 4.79 Å². The number of epoxide rings is 2. The SMILES string of the molecule is C.COC(=O)/C=C/c1cc(OCC2CO2)ccc1OCC1CO1.[I][V][I]. The van der Waals surface area contributed by atoms with Gasteiger partial charge in [0.2, 0.25) is 0 Å². The van der Waals surface area contributed by atoms with Crippen LogP contribution >= 0.6 is 40.0 Å². The number of ether oxygens (including phenoxy) is 5. The summed E-state index contributed by atoms with van der Waals surface area (Å²) in [5.74, 6) is 0.954. The molecule has 1 aromatic carbocycles. The van der Waals surface area contributed by atoms with Crippen molar-refractivity contribution in [3.8, 4) is 11.5 Å². The minimum absolute atomic E-state index is 0. The van der Waals surface area contributed by atoms with Crippen molar-refractivity contribution < 1.29 is 37.9 Å². The molecule has 0 saturated carbocycles. The van der Waals surface area contributed by atoms with E-state index in [1.165, 1.54) is 13.2 Å². The Morgan fingerprint density at radius 3 is 2.35 bits per heavy atom. The number of halogens is 2. The first-order valence-electron chi connectivity index (χ1n) is 7.47. The fourth-order valence-corrected chi connectivity index (χ4v) is 1.80. The maximum absolute atomic E-state index is 11.3. The van der Waals surface area contributed by atoms with Crippen LogP contribution in [0.1, 0.15) is 13.0 Å². The van der Waals surface area contributed by atoms with Crippen molar-refractivity contribution in [3.63, 3.8) is 0 Å². The van der Waals surface area contributed by atoms with Gasteiger partial charge in [0.05, 0.1) is 20.3 Å². The van der Waals surface area contributed by atoms with Crippen LogP contribution in [0, 0.1) is 0 Å². The van der Waals surface area contributed by atoms with Crippen molar-refractivity contribution in [2.75, 3.05) is 33.5 Å². The zero-order valence-electron chi connectivity index (χ0n) is 13.5. The molecule has 0 N–H and O–H groups in total. The molecule has 2 aliphatic rings. The second kappa shape index (κ2) is 13.2. The van der Waals surface area contributed by atoms with Crippen LogP contribution in [0.2, 0.25) is 0 Å². The van der Waals surface area contributed by atoms with Gasteiger partial charge in [-0.1, -0.05) is 7.43 Å². The summed E-state index contributed by atoms with van der Waals surface area (Å²) in [6.07, 6.45) is 3.36. The number of hydrogen-bond donors (Lipinski definition) is 0. The van der Waals surface area contributed by atoms with Crippen molar-refractivity contribution in [1.82, 2.24) is 0 Å². The number of esters is 1. The molecular formula is C17H22I2O6V. The van der Waals surface area contributed by atoms with E-state index in [4.69, 9.17) is 18.9 Å². The Bertz CT molecular complexity index is 591. The fourth-order valence-electron chi connectivity index (χ4n) is 1.80. The first-order valence-corrected chi connectivity index (χ1v) is 16.5. The van der Waals surface area contributed by atoms with Gasteiger partial charge < -0.3 is 23.7 Å². The molecule has 2 saturated heterocycles. The third-order valence-electron chi connectivity index (χ3n) is 3.25. The molecule has 2 atom stereocenters. The first-order chi connectivity index (χ1) is 12.2. The summed E-state index contributed by atoms with van der Waals surface area (Å²) >= 11 is 4.74. The zero-order chi connectivity index (χ0) is 18.1. The summed E-state index contributed by atoms with van der Waals surface area (Å²) < 4.78 is 26.2. The molecule has 6 nitrogen and oxygen atoms in total. The van der Waals surface area contributed by atoms with Gasteiger partial charge in [-0.15, -0.1) is 0 Å². The van der Waals surface area contributed by atoms with Crippen molar-refractivity contribution >= 4 is 52.0 Å². The van der Waals surface area contributed by atoms with Crippen LogP contribution in [0.5, 0.6) is 11.5 Å². The Morgan fingerprint density at radius 2 is 1.81 bits per heavy atom. The van der Waals surface area contributed by atoms with Gasteiger partial charge in [-0.3, -0.25) is 0 Å². The normalized spacial score (nSPS) is 19.5. The van der Waals surface area contributed by atoms with Gasteiger partial charge >= 0.3 is 55.4 Å². The molecule has 0 radical (unpaired) electrons. The summed E-state index contributed by atoms with van der Waals surface area (Å²) in [5.41, 5.74) is 0.750. The Balaban J connectivity index is 0.000000791. The molecule has 145 valence electrons. The predicted molar refractivity (Wildman–Crippen MR) is 113 cm³/mol. The molecule has 0 amide bonds. The van der Waals surface area contributed by atoms with Crippen LogP contribution in [0.15, 0.2) is 24.3 Å². The van der Waals surface area contributed by atoms with Gasteiger partial charge in [0, 0.05) is 11.6 Å². The Hall–Kier alpha value is -0.00558. The van der Waals surface area contributed by atoms with Crippen molar-refractivity contribution in [3.05, 3.63) is 29.8 Å². The molecule has 2 fully saturated rings. The summed E-state index contributed by atoms with van der Waals surface area (Å²) in [6.45, 7) is 2.50. The van der Waals surface area contributed by atoms with Gasteiger partial charge in [0.15, 0.2) is 0 Å². The van der Waals surface area contributed by atoms with E-state index in [1.54, 1.807) is 6.08 Å². The van der Waals surface area contributed by atoms with Crippen molar-refractivity contribution in [2.24, 2.45) is 0 Å². The Kier molecular flexibility index (Phi) is 12.2. The summed E-state index contributed by atoms with van der Waals surface area (Å²) in [6, 6.07) is 5.48. The number of carbonyl (C=O) groups excluding carboxylic acids is 1. The molecule has 2 aliphatic heterocycles. The molecule has 9 heteroatoms. The molecule has 0 aliphatic carbocycles. The fraction of sp³-hybridized carbons (Fsp3) is 0.471. The van der Waals surface area contributed by atoms with Crippen LogP contribution in [-0.2, 0) is 28.5 Å². The van der Waals surface area contributed by atoms with E-state index < -0.39 is 5.97 Å². The molecule has 2 unspecified atom stereocenters. The number of methoxy groups -OCH3 is 1. The molecule has 26 heavy (non-hydrogen) atoms. The zero-order valence-corrected chi connectivity index (χ0v) is 19.2. The number of hydrogen-bond acceptors (Lipinski definition) is 6. The molecule has 0 bridgehead atoms. The van der Waals surface area contributed by atoms with E-state index in [1.807, 2.05) is 18.2 Å². The van der Waals surface area contributed by atoms with Crippen molar-refractivity contribution in [2.45, 2.75) is 19.6 Å². The predicted octanol–water partition coefficient (Wildman–Crippen LogP) is 3.83. The number of benzene rings is 1. The minimum atomic E-state index is -0.422. The van der Waals surface area contributed by atoms with Crippen LogP contribution < -0.4 is 9.47 Å². The molecule has 0 spiro atoms. The first kappa shape index (κ1) is 24.0. The second-order valence-corrected chi connectivity index (χ2v) is 16.9. The summed E-state index contributed by atoms with van der Waals surface area (Å²) in [7, 11) is 1.96. The van der Waals surface area contributed by atoms with Gasteiger partial charge in [-0.25, -0.2) is 4.79 Å². The van der Waals surface area contributed by atoms with E-state index in [0.29, 0.717) is 34.2 Å². The van der Waals surface area contributed by atoms with Gasteiger partial charge in [0.25, 0.3) is 0 Å². The number of rotatable bonds is 8.